The third-order valence-electron chi connectivity index (χ3n) is 5.22. The van der Waals surface area contributed by atoms with E-state index >= 15 is 0 Å². The van der Waals surface area contributed by atoms with Crippen LogP contribution >= 0.6 is 11.3 Å². The normalized spacial score (nSPS) is 11.3. The molecule has 2 aromatic carbocycles. The molecule has 0 saturated heterocycles. The Morgan fingerprint density at radius 3 is 2.20 bits per heavy atom. The smallest absolute Gasteiger partial charge is 0.338 e. The van der Waals surface area contributed by atoms with E-state index in [9.17, 15) is 4.79 Å². The first-order valence-corrected chi connectivity index (χ1v) is 11.7. The third-order valence-corrected chi connectivity index (χ3v) is 6.30. The second-order valence-corrected chi connectivity index (χ2v) is 8.37. The number of benzene rings is 2. The molecule has 0 aliphatic carbocycles. The molecule has 2 heterocycles. The molecule has 180 valence electrons. The first kappa shape index (κ1) is 24.1. The Bertz CT molecular complexity index is 1350. The number of hydrogen-bond donors (Lipinski definition) is 0. The number of hydrogen-bond acceptors (Lipinski definition) is 8. The molecule has 0 N–H and O–H groups in total. The van der Waals surface area contributed by atoms with Crippen molar-refractivity contribution in [3.8, 4) is 28.7 Å². The molecule has 0 spiro atoms. The van der Waals surface area contributed by atoms with Gasteiger partial charge in [0.2, 0.25) is 0 Å². The highest BCUT2D eigenvalue weighted by molar-refractivity contribution is 7.20. The molecule has 4 aromatic rings. The maximum atomic E-state index is 12.9. The fraction of sp³-hybridized carbons (Fsp3) is 0.185. The largest absolute Gasteiger partial charge is 0.497 e. The van der Waals surface area contributed by atoms with E-state index in [1.807, 2.05) is 36.4 Å². The lowest BCUT2D eigenvalue weighted by atomic mass is 10.1. The number of thiophene rings is 1. The second kappa shape index (κ2) is 10.9. The van der Waals surface area contributed by atoms with Gasteiger partial charge in [-0.15, -0.1) is 11.3 Å². The lowest BCUT2D eigenvalue weighted by Crippen LogP contribution is -2.06. The van der Waals surface area contributed by atoms with Gasteiger partial charge in [0, 0.05) is 28.5 Å². The van der Waals surface area contributed by atoms with Crippen molar-refractivity contribution in [1.82, 2.24) is 4.98 Å². The van der Waals surface area contributed by atoms with Gasteiger partial charge < -0.3 is 23.7 Å². The molecule has 35 heavy (non-hydrogen) atoms. The standard InChI is InChI=1S/C27H25NO6S/c1-5-33-27(29)20(17-10-12-28-13-11-17)15-25-26(34-19-8-6-18(30-2)7-9-19)21-14-22(31-3)23(32-4)16-24(21)35-25/h6-16H,5H2,1-4H3. The minimum atomic E-state index is -0.429. The summed E-state index contributed by atoms with van der Waals surface area (Å²) in [6.07, 6.45) is 5.06. The van der Waals surface area contributed by atoms with Crippen molar-refractivity contribution in [2.24, 2.45) is 0 Å². The zero-order chi connectivity index (χ0) is 24.8. The van der Waals surface area contributed by atoms with Gasteiger partial charge >= 0.3 is 5.97 Å². The van der Waals surface area contributed by atoms with E-state index in [0.29, 0.717) is 34.1 Å². The van der Waals surface area contributed by atoms with E-state index in [0.717, 1.165) is 20.7 Å². The van der Waals surface area contributed by atoms with Gasteiger partial charge in [-0.2, -0.15) is 0 Å². The summed E-state index contributed by atoms with van der Waals surface area (Å²) in [6, 6.07) is 14.6. The van der Waals surface area contributed by atoms with Crippen molar-refractivity contribution in [1.29, 1.82) is 0 Å². The molecule has 7 nitrogen and oxygen atoms in total. The van der Waals surface area contributed by atoms with Crippen LogP contribution in [0.4, 0.5) is 0 Å². The first-order chi connectivity index (χ1) is 17.1. The predicted octanol–water partition coefficient (Wildman–Crippen LogP) is 6.22. The highest BCUT2D eigenvalue weighted by Crippen LogP contribution is 2.46. The molecule has 0 atom stereocenters. The minimum Gasteiger partial charge on any atom is -0.497 e. The third kappa shape index (κ3) is 5.22. The number of rotatable bonds is 9. The van der Waals surface area contributed by atoms with Gasteiger partial charge in [0.15, 0.2) is 17.2 Å². The van der Waals surface area contributed by atoms with Gasteiger partial charge in [-0.3, -0.25) is 4.98 Å². The number of fused-ring (bicyclic) bond motifs is 1. The van der Waals surface area contributed by atoms with E-state index in [1.165, 1.54) is 11.3 Å². The zero-order valence-electron chi connectivity index (χ0n) is 19.9. The molecule has 0 aliphatic heterocycles. The average Bonchev–Trinajstić information content (AvgIpc) is 3.22. The van der Waals surface area contributed by atoms with Crippen LogP contribution in [-0.4, -0.2) is 38.9 Å². The molecular weight excluding hydrogens is 466 g/mol. The van der Waals surface area contributed by atoms with E-state index in [-0.39, 0.29) is 6.61 Å². The van der Waals surface area contributed by atoms with Crippen molar-refractivity contribution in [3.05, 3.63) is 71.4 Å². The molecule has 0 saturated carbocycles. The maximum absolute atomic E-state index is 12.9. The first-order valence-electron chi connectivity index (χ1n) is 10.9. The van der Waals surface area contributed by atoms with Crippen LogP contribution in [0, 0.1) is 0 Å². The van der Waals surface area contributed by atoms with Crippen LogP contribution in [0.1, 0.15) is 17.4 Å². The van der Waals surface area contributed by atoms with Crippen molar-refractivity contribution in [2.75, 3.05) is 27.9 Å². The molecule has 8 heteroatoms. The van der Waals surface area contributed by atoms with Gasteiger partial charge in [0.1, 0.15) is 11.5 Å². The molecule has 0 unspecified atom stereocenters. The van der Waals surface area contributed by atoms with Gasteiger partial charge in [-0.25, -0.2) is 4.79 Å². The lowest BCUT2D eigenvalue weighted by molar-refractivity contribution is -0.136. The number of ether oxygens (including phenoxy) is 5. The molecule has 0 fully saturated rings. The van der Waals surface area contributed by atoms with Crippen LogP contribution in [0.25, 0.3) is 21.7 Å². The second-order valence-electron chi connectivity index (χ2n) is 7.29. The van der Waals surface area contributed by atoms with Crippen LogP contribution in [0.2, 0.25) is 0 Å². The Balaban J connectivity index is 1.91. The summed E-state index contributed by atoms with van der Waals surface area (Å²) in [5.41, 5.74) is 1.10. The Kier molecular flexibility index (Phi) is 7.52. The lowest BCUT2D eigenvalue weighted by Gasteiger charge is -2.11. The topological polar surface area (TPSA) is 76.1 Å². The molecule has 0 radical (unpaired) electrons. The monoisotopic (exact) mass is 491 g/mol. The van der Waals surface area contributed by atoms with Crippen molar-refractivity contribution >= 4 is 39.0 Å². The Morgan fingerprint density at radius 1 is 0.914 bits per heavy atom. The van der Waals surface area contributed by atoms with Gasteiger partial charge in [0.05, 0.1) is 38.4 Å². The summed E-state index contributed by atoms with van der Waals surface area (Å²) in [7, 11) is 4.79. The number of carbonyl (C=O) groups is 1. The number of esters is 1. The molecule has 0 aliphatic rings. The zero-order valence-corrected chi connectivity index (χ0v) is 20.7. The minimum absolute atomic E-state index is 0.261. The number of nitrogens with zero attached hydrogens (tertiary/aromatic N) is 1. The summed E-state index contributed by atoms with van der Waals surface area (Å²) in [5, 5.41) is 0.827. The summed E-state index contributed by atoms with van der Waals surface area (Å²) in [5.74, 6) is 2.69. The summed E-state index contributed by atoms with van der Waals surface area (Å²) in [4.78, 5) is 17.7. The quantitative estimate of drug-likeness (QED) is 0.203. The van der Waals surface area contributed by atoms with Gasteiger partial charge in [-0.1, -0.05) is 0 Å². The van der Waals surface area contributed by atoms with E-state index < -0.39 is 5.97 Å². The molecule has 0 amide bonds. The van der Waals surface area contributed by atoms with Crippen molar-refractivity contribution < 1.29 is 28.5 Å². The van der Waals surface area contributed by atoms with Crippen LogP contribution in [0.5, 0.6) is 28.7 Å². The fourth-order valence-electron chi connectivity index (χ4n) is 3.51. The highest BCUT2D eigenvalue weighted by Gasteiger charge is 2.20. The van der Waals surface area contributed by atoms with Crippen molar-refractivity contribution in [3.63, 3.8) is 0 Å². The summed E-state index contributed by atoms with van der Waals surface area (Å²) in [6.45, 7) is 2.04. The van der Waals surface area contributed by atoms with E-state index in [1.54, 1.807) is 58.9 Å². The summed E-state index contributed by atoms with van der Waals surface area (Å²) < 4.78 is 28.9. The number of methoxy groups -OCH3 is 3. The Morgan fingerprint density at radius 2 is 1.57 bits per heavy atom. The summed E-state index contributed by atoms with van der Waals surface area (Å²) >= 11 is 1.47. The number of aromatic nitrogens is 1. The van der Waals surface area contributed by atoms with Crippen LogP contribution < -0.4 is 18.9 Å². The van der Waals surface area contributed by atoms with Gasteiger partial charge in [0.25, 0.3) is 0 Å². The van der Waals surface area contributed by atoms with Crippen molar-refractivity contribution in [2.45, 2.75) is 6.92 Å². The van der Waals surface area contributed by atoms with Gasteiger partial charge in [-0.05, 0) is 61.0 Å². The molecule has 4 rings (SSSR count). The van der Waals surface area contributed by atoms with Crippen LogP contribution in [0.3, 0.4) is 0 Å². The fourth-order valence-corrected chi connectivity index (χ4v) is 4.60. The Labute approximate surface area is 207 Å². The average molecular weight is 492 g/mol. The number of pyridine rings is 1. The van der Waals surface area contributed by atoms with Crippen LogP contribution in [-0.2, 0) is 9.53 Å². The Hall–Kier alpha value is -4.04. The molecule has 2 aromatic heterocycles. The van der Waals surface area contributed by atoms with E-state index in [4.69, 9.17) is 23.7 Å². The highest BCUT2D eigenvalue weighted by atomic mass is 32.1. The number of carbonyl (C=O) groups excluding carboxylic acids is 1. The predicted molar refractivity (Wildman–Crippen MR) is 137 cm³/mol. The SMILES string of the molecule is CCOC(=O)C(=Cc1sc2cc(OC)c(OC)cc2c1Oc1ccc(OC)cc1)c1ccncc1. The van der Waals surface area contributed by atoms with Crippen LogP contribution in [0.15, 0.2) is 60.9 Å². The van der Waals surface area contributed by atoms with E-state index in [2.05, 4.69) is 4.98 Å². The molecular formula is C27H25NO6S. The maximum Gasteiger partial charge on any atom is 0.338 e. The molecule has 0 bridgehead atoms.